The zero-order valence-electron chi connectivity index (χ0n) is 7.93. The molecule has 1 N–H and O–H groups in total. The standard InChI is InChI=1S/C11H14O2S/c12-11(9-4-2-1-3-5-9)10-8-13-6-7-14-10/h1-5,10-12H,6-8H2. The van der Waals surface area contributed by atoms with Gasteiger partial charge < -0.3 is 9.84 Å². The summed E-state index contributed by atoms with van der Waals surface area (Å²) >= 11 is 1.79. The molecule has 2 nitrogen and oxygen atoms in total. The van der Waals surface area contributed by atoms with E-state index in [2.05, 4.69) is 0 Å². The van der Waals surface area contributed by atoms with Gasteiger partial charge in [-0.25, -0.2) is 0 Å². The van der Waals surface area contributed by atoms with E-state index in [0.29, 0.717) is 6.61 Å². The van der Waals surface area contributed by atoms with Gasteiger partial charge in [-0.1, -0.05) is 30.3 Å². The normalized spacial score (nSPS) is 24.5. The molecule has 1 fully saturated rings. The van der Waals surface area contributed by atoms with E-state index >= 15 is 0 Å². The molecule has 1 saturated heterocycles. The average Bonchev–Trinajstić information content (AvgIpc) is 2.30. The van der Waals surface area contributed by atoms with Gasteiger partial charge in [-0.3, -0.25) is 0 Å². The van der Waals surface area contributed by atoms with E-state index in [0.717, 1.165) is 17.9 Å². The highest BCUT2D eigenvalue weighted by molar-refractivity contribution is 8.00. The third-order valence-corrected chi connectivity index (χ3v) is 3.56. The first kappa shape index (κ1) is 10.0. The summed E-state index contributed by atoms with van der Waals surface area (Å²) < 4.78 is 5.34. The molecule has 1 aliphatic rings. The summed E-state index contributed by atoms with van der Waals surface area (Å²) in [5, 5.41) is 10.2. The number of rotatable bonds is 2. The molecule has 0 amide bonds. The predicted molar refractivity (Wildman–Crippen MR) is 58.5 cm³/mol. The van der Waals surface area contributed by atoms with Gasteiger partial charge >= 0.3 is 0 Å². The number of hydrogen-bond acceptors (Lipinski definition) is 3. The van der Waals surface area contributed by atoms with E-state index in [4.69, 9.17) is 4.74 Å². The number of ether oxygens (including phenoxy) is 1. The van der Waals surface area contributed by atoms with Crippen LogP contribution >= 0.6 is 11.8 Å². The second kappa shape index (κ2) is 4.82. The van der Waals surface area contributed by atoms with Crippen molar-refractivity contribution in [3.05, 3.63) is 35.9 Å². The summed E-state index contributed by atoms with van der Waals surface area (Å²) in [6.07, 6.45) is -0.401. The third-order valence-electron chi connectivity index (χ3n) is 2.33. The van der Waals surface area contributed by atoms with Gasteiger partial charge in [-0.15, -0.1) is 0 Å². The summed E-state index contributed by atoms with van der Waals surface area (Å²) in [5.41, 5.74) is 0.982. The molecule has 0 aromatic heterocycles. The highest BCUT2D eigenvalue weighted by Crippen LogP contribution is 2.28. The zero-order valence-corrected chi connectivity index (χ0v) is 8.74. The van der Waals surface area contributed by atoms with E-state index in [1.165, 1.54) is 0 Å². The lowest BCUT2D eigenvalue weighted by Crippen LogP contribution is -2.26. The van der Waals surface area contributed by atoms with Crippen LogP contribution in [-0.4, -0.2) is 29.3 Å². The molecule has 1 heterocycles. The fourth-order valence-electron chi connectivity index (χ4n) is 1.55. The maximum atomic E-state index is 10.0. The Balaban J connectivity index is 2.03. The quantitative estimate of drug-likeness (QED) is 0.808. The third kappa shape index (κ3) is 2.29. The first-order valence-electron chi connectivity index (χ1n) is 4.80. The molecule has 2 unspecified atom stereocenters. The van der Waals surface area contributed by atoms with Crippen LogP contribution in [0.15, 0.2) is 30.3 Å². The Morgan fingerprint density at radius 1 is 1.36 bits per heavy atom. The number of aliphatic hydroxyl groups excluding tert-OH is 1. The summed E-state index contributed by atoms with van der Waals surface area (Å²) in [5.74, 6) is 0.981. The van der Waals surface area contributed by atoms with Crippen LogP contribution in [-0.2, 0) is 4.74 Å². The molecule has 0 spiro atoms. The lowest BCUT2D eigenvalue weighted by atomic mass is 10.1. The minimum atomic E-state index is -0.401. The van der Waals surface area contributed by atoms with Crippen LogP contribution in [0.2, 0.25) is 0 Å². The second-order valence-corrected chi connectivity index (χ2v) is 4.69. The average molecular weight is 210 g/mol. The number of aliphatic hydroxyl groups is 1. The Hall–Kier alpha value is -0.510. The lowest BCUT2D eigenvalue weighted by Gasteiger charge is -2.26. The van der Waals surface area contributed by atoms with E-state index in [1.807, 2.05) is 30.3 Å². The van der Waals surface area contributed by atoms with E-state index in [1.54, 1.807) is 11.8 Å². The van der Waals surface area contributed by atoms with Crippen molar-refractivity contribution < 1.29 is 9.84 Å². The van der Waals surface area contributed by atoms with Gasteiger partial charge in [0.1, 0.15) is 0 Å². The van der Waals surface area contributed by atoms with E-state index in [9.17, 15) is 5.11 Å². The van der Waals surface area contributed by atoms with Crippen LogP contribution in [0, 0.1) is 0 Å². The van der Waals surface area contributed by atoms with Crippen molar-refractivity contribution in [2.75, 3.05) is 19.0 Å². The fraction of sp³-hybridized carbons (Fsp3) is 0.455. The predicted octanol–water partition coefficient (Wildman–Crippen LogP) is 1.85. The Kier molecular flexibility index (Phi) is 3.45. The minimum absolute atomic E-state index is 0.186. The summed E-state index contributed by atoms with van der Waals surface area (Å²) in [6.45, 7) is 1.46. The van der Waals surface area contributed by atoms with Crippen LogP contribution < -0.4 is 0 Å². The Bertz CT molecular complexity index is 270. The molecule has 14 heavy (non-hydrogen) atoms. The molecule has 3 heteroatoms. The molecule has 1 aromatic rings. The van der Waals surface area contributed by atoms with Crippen molar-refractivity contribution in [3.63, 3.8) is 0 Å². The molecular weight excluding hydrogens is 196 g/mol. The maximum Gasteiger partial charge on any atom is 0.0930 e. The number of thioether (sulfide) groups is 1. The first-order chi connectivity index (χ1) is 6.88. The van der Waals surface area contributed by atoms with Gasteiger partial charge in [0.15, 0.2) is 0 Å². The van der Waals surface area contributed by atoms with Gasteiger partial charge in [-0.2, -0.15) is 11.8 Å². The van der Waals surface area contributed by atoms with Crippen LogP contribution in [0.4, 0.5) is 0 Å². The molecule has 0 radical (unpaired) electrons. The molecule has 0 saturated carbocycles. The molecular formula is C11H14O2S. The number of hydrogen-bond donors (Lipinski definition) is 1. The van der Waals surface area contributed by atoms with E-state index in [-0.39, 0.29) is 5.25 Å². The molecule has 1 aromatic carbocycles. The monoisotopic (exact) mass is 210 g/mol. The van der Waals surface area contributed by atoms with Crippen molar-refractivity contribution >= 4 is 11.8 Å². The second-order valence-electron chi connectivity index (χ2n) is 3.34. The smallest absolute Gasteiger partial charge is 0.0930 e. The SMILES string of the molecule is OC(c1ccccc1)C1COCCS1. The first-order valence-corrected chi connectivity index (χ1v) is 5.85. The summed E-state index contributed by atoms with van der Waals surface area (Å²) in [7, 11) is 0. The van der Waals surface area contributed by atoms with Gasteiger partial charge in [0, 0.05) is 5.75 Å². The zero-order chi connectivity index (χ0) is 9.80. The van der Waals surface area contributed by atoms with Crippen molar-refractivity contribution in [2.24, 2.45) is 0 Å². The summed E-state index contributed by atoms with van der Waals surface area (Å²) in [6, 6.07) is 9.78. The number of benzene rings is 1. The molecule has 76 valence electrons. The molecule has 2 rings (SSSR count). The summed E-state index contributed by atoms with van der Waals surface area (Å²) in [4.78, 5) is 0. The topological polar surface area (TPSA) is 29.5 Å². The largest absolute Gasteiger partial charge is 0.387 e. The lowest BCUT2D eigenvalue weighted by molar-refractivity contribution is 0.0889. The van der Waals surface area contributed by atoms with Gasteiger partial charge in [-0.05, 0) is 5.56 Å². The molecule has 0 aliphatic carbocycles. The highest BCUT2D eigenvalue weighted by atomic mass is 32.2. The van der Waals surface area contributed by atoms with E-state index < -0.39 is 6.10 Å². The molecule has 1 aliphatic heterocycles. The Morgan fingerprint density at radius 3 is 2.79 bits per heavy atom. The molecule has 0 bridgehead atoms. The maximum absolute atomic E-state index is 10.0. The van der Waals surface area contributed by atoms with Crippen molar-refractivity contribution in [1.82, 2.24) is 0 Å². The fourth-order valence-corrected chi connectivity index (χ4v) is 2.60. The van der Waals surface area contributed by atoms with Crippen LogP contribution in [0.1, 0.15) is 11.7 Å². The molecule has 2 atom stereocenters. The Morgan fingerprint density at radius 2 is 2.14 bits per heavy atom. The minimum Gasteiger partial charge on any atom is -0.387 e. The van der Waals surface area contributed by atoms with Crippen LogP contribution in [0.5, 0.6) is 0 Å². The van der Waals surface area contributed by atoms with Gasteiger partial charge in [0.25, 0.3) is 0 Å². The van der Waals surface area contributed by atoms with Gasteiger partial charge in [0.2, 0.25) is 0 Å². The van der Waals surface area contributed by atoms with Crippen molar-refractivity contribution in [1.29, 1.82) is 0 Å². The Labute approximate surface area is 88.3 Å². The highest BCUT2D eigenvalue weighted by Gasteiger charge is 2.23. The van der Waals surface area contributed by atoms with Crippen LogP contribution in [0.3, 0.4) is 0 Å². The van der Waals surface area contributed by atoms with Gasteiger partial charge in [0.05, 0.1) is 24.6 Å². The van der Waals surface area contributed by atoms with Crippen LogP contribution in [0.25, 0.3) is 0 Å². The van der Waals surface area contributed by atoms with Crippen molar-refractivity contribution in [2.45, 2.75) is 11.4 Å². The van der Waals surface area contributed by atoms with Crippen molar-refractivity contribution in [3.8, 4) is 0 Å².